The summed E-state index contributed by atoms with van der Waals surface area (Å²) in [5.41, 5.74) is -0.519. The molecule has 1 aliphatic rings. The number of rotatable bonds is 1. The van der Waals surface area contributed by atoms with E-state index < -0.39 is 18.0 Å². The summed E-state index contributed by atoms with van der Waals surface area (Å²) in [4.78, 5) is 11.3. The Hall–Kier alpha value is -0.810. The van der Waals surface area contributed by atoms with Gasteiger partial charge >= 0.3 is 6.09 Å². The lowest BCUT2D eigenvalue weighted by Gasteiger charge is -2.22. The lowest BCUT2D eigenvalue weighted by molar-refractivity contribution is -0.0723. The molecule has 1 rings (SSSR count). The Morgan fingerprint density at radius 1 is 1.44 bits per heavy atom. The Morgan fingerprint density at radius 2 is 2.00 bits per heavy atom. The van der Waals surface area contributed by atoms with E-state index in [4.69, 9.17) is 9.47 Å². The maximum absolute atomic E-state index is 11.3. The molecule has 1 aliphatic heterocycles. The first-order chi connectivity index (χ1) is 7.38. The van der Waals surface area contributed by atoms with Crippen LogP contribution in [-0.4, -0.2) is 35.7 Å². The fourth-order valence-corrected chi connectivity index (χ4v) is 1.18. The number of hydrogen-bond donors (Lipinski definition) is 2. The summed E-state index contributed by atoms with van der Waals surface area (Å²) in [5.74, 6) is 0. The number of carbonyl (C=O) groups is 1. The van der Waals surface area contributed by atoms with Crippen LogP contribution >= 0.6 is 0 Å². The van der Waals surface area contributed by atoms with Gasteiger partial charge in [-0.15, -0.1) is 0 Å². The van der Waals surface area contributed by atoms with Crippen molar-refractivity contribution < 1.29 is 19.4 Å². The third-order valence-electron chi connectivity index (χ3n) is 1.76. The van der Waals surface area contributed by atoms with E-state index >= 15 is 0 Å². The molecule has 0 aromatic rings. The van der Waals surface area contributed by atoms with Crippen molar-refractivity contribution in [3.8, 4) is 0 Å². The first-order valence-corrected chi connectivity index (χ1v) is 5.68. The minimum atomic E-state index is -0.914. The van der Waals surface area contributed by atoms with Crippen LogP contribution in [0.1, 0.15) is 41.0 Å². The molecular formula is C11H23NO4. The number of carbonyl (C=O) groups excluding carboxylic acids is 1. The van der Waals surface area contributed by atoms with Crippen molar-refractivity contribution in [2.75, 3.05) is 6.61 Å². The van der Waals surface area contributed by atoms with Crippen LogP contribution in [0.4, 0.5) is 4.79 Å². The molecule has 5 heteroatoms. The number of nitrogens with one attached hydrogen (secondary N) is 1. The third kappa shape index (κ3) is 5.92. The largest absolute Gasteiger partial charge is 0.444 e. The minimum absolute atomic E-state index is 0.357. The van der Waals surface area contributed by atoms with Gasteiger partial charge in [-0.25, -0.2) is 4.79 Å². The third-order valence-corrected chi connectivity index (χ3v) is 1.76. The molecule has 1 fully saturated rings. The highest BCUT2D eigenvalue weighted by atomic mass is 16.6. The highest BCUT2D eigenvalue weighted by Gasteiger charge is 2.29. The molecule has 2 N–H and O–H groups in total. The predicted octanol–water partition coefficient (Wildman–Crippen LogP) is 1.64. The topological polar surface area (TPSA) is 67.8 Å². The van der Waals surface area contributed by atoms with E-state index in [2.05, 4.69) is 5.32 Å². The summed E-state index contributed by atoms with van der Waals surface area (Å²) >= 11 is 0. The van der Waals surface area contributed by atoms with E-state index in [1.54, 1.807) is 20.8 Å². The Bertz CT molecular complexity index is 213. The number of alkyl carbamates (subject to hydrolysis) is 1. The second-order valence-electron chi connectivity index (χ2n) is 4.30. The maximum atomic E-state index is 11.3. The molecule has 0 aromatic heterocycles. The SMILES string of the molecule is CC.CC(C)(C)OC(=O)N[C@H]1CCOC1O. The van der Waals surface area contributed by atoms with Gasteiger partial charge in [0.15, 0.2) is 6.29 Å². The zero-order valence-electron chi connectivity index (χ0n) is 10.7. The fourth-order valence-electron chi connectivity index (χ4n) is 1.18. The van der Waals surface area contributed by atoms with Gasteiger partial charge in [-0.1, -0.05) is 13.8 Å². The summed E-state index contributed by atoms with van der Waals surface area (Å²) in [6.07, 6.45) is -0.824. The Balaban J connectivity index is 0.00000106. The van der Waals surface area contributed by atoms with Crippen LogP contribution in [0.3, 0.4) is 0 Å². The molecule has 5 nitrogen and oxygen atoms in total. The zero-order chi connectivity index (χ0) is 12.8. The van der Waals surface area contributed by atoms with Crippen molar-refractivity contribution in [1.82, 2.24) is 5.32 Å². The van der Waals surface area contributed by atoms with Crippen LogP contribution in [0.2, 0.25) is 0 Å². The number of hydrogen-bond acceptors (Lipinski definition) is 4. The molecule has 0 aliphatic carbocycles. The quantitative estimate of drug-likeness (QED) is 0.722. The Morgan fingerprint density at radius 3 is 2.38 bits per heavy atom. The molecule has 0 spiro atoms. The smallest absolute Gasteiger partial charge is 0.408 e. The van der Waals surface area contributed by atoms with Gasteiger partial charge in [-0.3, -0.25) is 0 Å². The highest BCUT2D eigenvalue weighted by molar-refractivity contribution is 5.68. The summed E-state index contributed by atoms with van der Waals surface area (Å²) in [7, 11) is 0. The van der Waals surface area contributed by atoms with E-state index in [1.165, 1.54) is 0 Å². The first kappa shape index (κ1) is 15.2. The van der Waals surface area contributed by atoms with Gasteiger partial charge in [0.05, 0.1) is 12.6 Å². The molecule has 0 aromatic carbocycles. The molecule has 0 radical (unpaired) electrons. The van der Waals surface area contributed by atoms with Crippen LogP contribution in [0, 0.1) is 0 Å². The first-order valence-electron chi connectivity index (χ1n) is 5.68. The molecular weight excluding hydrogens is 210 g/mol. The molecule has 2 atom stereocenters. The monoisotopic (exact) mass is 233 g/mol. The van der Waals surface area contributed by atoms with E-state index in [9.17, 15) is 9.90 Å². The summed E-state index contributed by atoms with van der Waals surface area (Å²) in [6, 6.07) is -0.357. The fraction of sp³-hybridized carbons (Fsp3) is 0.909. The average molecular weight is 233 g/mol. The second-order valence-corrected chi connectivity index (χ2v) is 4.30. The number of aliphatic hydroxyl groups is 1. The average Bonchev–Trinajstić information content (AvgIpc) is 2.52. The molecule has 1 unspecified atom stereocenters. The molecule has 0 saturated carbocycles. The molecule has 1 heterocycles. The zero-order valence-corrected chi connectivity index (χ0v) is 10.7. The van der Waals surface area contributed by atoms with Gasteiger partial charge in [-0.2, -0.15) is 0 Å². The van der Waals surface area contributed by atoms with Gasteiger partial charge in [-0.05, 0) is 27.2 Å². The molecule has 1 amide bonds. The minimum Gasteiger partial charge on any atom is -0.444 e. The van der Waals surface area contributed by atoms with E-state index in [0.29, 0.717) is 13.0 Å². The van der Waals surface area contributed by atoms with Crippen molar-refractivity contribution in [1.29, 1.82) is 0 Å². The van der Waals surface area contributed by atoms with Gasteiger partial charge in [0.2, 0.25) is 0 Å². The number of amides is 1. The van der Waals surface area contributed by atoms with E-state index in [-0.39, 0.29) is 6.04 Å². The summed E-state index contributed by atoms with van der Waals surface area (Å²) < 4.78 is 9.91. The number of aliphatic hydroxyl groups excluding tert-OH is 1. The Labute approximate surface area is 97.1 Å². The van der Waals surface area contributed by atoms with Gasteiger partial charge in [0.25, 0.3) is 0 Å². The van der Waals surface area contributed by atoms with Crippen molar-refractivity contribution >= 4 is 6.09 Å². The van der Waals surface area contributed by atoms with Crippen molar-refractivity contribution in [2.45, 2.75) is 59.0 Å². The van der Waals surface area contributed by atoms with Crippen LogP contribution in [0.15, 0.2) is 0 Å². The van der Waals surface area contributed by atoms with Gasteiger partial charge in [0, 0.05) is 0 Å². The normalized spacial score (nSPS) is 24.4. The maximum Gasteiger partial charge on any atom is 0.408 e. The van der Waals surface area contributed by atoms with Crippen molar-refractivity contribution in [2.24, 2.45) is 0 Å². The van der Waals surface area contributed by atoms with Gasteiger partial charge < -0.3 is 19.9 Å². The second kappa shape index (κ2) is 6.70. The van der Waals surface area contributed by atoms with Crippen molar-refractivity contribution in [3.63, 3.8) is 0 Å². The lowest BCUT2D eigenvalue weighted by Crippen LogP contribution is -2.43. The van der Waals surface area contributed by atoms with E-state index in [1.807, 2.05) is 13.8 Å². The van der Waals surface area contributed by atoms with Crippen molar-refractivity contribution in [3.05, 3.63) is 0 Å². The van der Waals surface area contributed by atoms with Crippen LogP contribution in [0.25, 0.3) is 0 Å². The number of ether oxygens (including phenoxy) is 2. The van der Waals surface area contributed by atoms with Gasteiger partial charge in [0.1, 0.15) is 5.60 Å². The molecule has 0 bridgehead atoms. The van der Waals surface area contributed by atoms with Crippen LogP contribution in [0.5, 0.6) is 0 Å². The standard InChI is InChI=1S/C9H17NO4.C2H6/c1-9(2,3)14-8(12)10-6-4-5-13-7(6)11;1-2/h6-7,11H,4-5H2,1-3H3,(H,10,12);1-2H3/t6-,7?;/m0./s1. The highest BCUT2D eigenvalue weighted by Crippen LogP contribution is 2.12. The molecule has 16 heavy (non-hydrogen) atoms. The summed E-state index contributed by atoms with van der Waals surface area (Å²) in [5, 5.41) is 11.8. The van der Waals surface area contributed by atoms with Crippen LogP contribution in [-0.2, 0) is 9.47 Å². The molecule has 1 saturated heterocycles. The Kier molecular flexibility index (Phi) is 6.36. The van der Waals surface area contributed by atoms with E-state index in [0.717, 1.165) is 0 Å². The summed E-state index contributed by atoms with van der Waals surface area (Å²) in [6.45, 7) is 9.82. The predicted molar refractivity (Wildman–Crippen MR) is 61.1 cm³/mol. The lowest BCUT2D eigenvalue weighted by atomic mass is 10.2. The van der Waals surface area contributed by atoms with Crippen LogP contribution < -0.4 is 5.32 Å². The molecule has 96 valence electrons.